The number of hydrazine groups is 1. The van der Waals surface area contributed by atoms with E-state index in [9.17, 15) is 18.4 Å². The van der Waals surface area contributed by atoms with Crippen LogP contribution in [0.15, 0.2) is 48.8 Å². The minimum Gasteiger partial charge on any atom is -0.441 e. The molecule has 0 aliphatic heterocycles. The Morgan fingerprint density at radius 3 is 2.39 bits per heavy atom. The van der Waals surface area contributed by atoms with Crippen molar-refractivity contribution in [3.63, 3.8) is 0 Å². The predicted molar refractivity (Wildman–Crippen MR) is 124 cm³/mol. The summed E-state index contributed by atoms with van der Waals surface area (Å²) < 4.78 is 32.3. The van der Waals surface area contributed by atoms with Crippen LogP contribution in [0.1, 0.15) is 40.5 Å². The summed E-state index contributed by atoms with van der Waals surface area (Å²) in [4.78, 5) is 40.1. The van der Waals surface area contributed by atoms with E-state index in [0.29, 0.717) is 17.7 Å². The Kier molecular flexibility index (Phi) is 8.01. The Hall–Kier alpha value is -4.72. The summed E-state index contributed by atoms with van der Waals surface area (Å²) in [7, 11) is 1.40. The first-order valence-electron chi connectivity index (χ1n) is 10.4. The predicted octanol–water partition coefficient (Wildman–Crippen LogP) is 1.98. The van der Waals surface area contributed by atoms with E-state index in [2.05, 4.69) is 30.6 Å². The van der Waals surface area contributed by atoms with Crippen molar-refractivity contribution >= 4 is 23.4 Å². The first-order chi connectivity index (χ1) is 17.0. The molecular formula is C22H23F2N9O3. The lowest BCUT2D eigenvalue weighted by atomic mass is 10.2. The zero-order valence-electron chi connectivity index (χ0n) is 19.5. The maximum absolute atomic E-state index is 13.8. The normalized spacial score (nSPS) is 12.3. The number of alkyl carbamates (subject to hydrolysis) is 1. The first-order valence-corrected chi connectivity index (χ1v) is 10.4. The van der Waals surface area contributed by atoms with E-state index in [-0.39, 0.29) is 28.3 Å². The number of nitrogens with zero attached hydrogens (tertiary/aromatic N) is 5. The minimum atomic E-state index is -1.17. The number of pyridine rings is 2. The number of amides is 2. The third-order valence-corrected chi connectivity index (χ3v) is 4.72. The molecule has 6 N–H and O–H groups in total. The Labute approximate surface area is 204 Å². The van der Waals surface area contributed by atoms with Crippen LogP contribution in [0, 0.1) is 18.7 Å². The zero-order valence-corrected chi connectivity index (χ0v) is 19.5. The topological polar surface area (TPSA) is 174 Å². The molecule has 36 heavy (non-hydrogen) atoms. The largest absolute Gasteiger partial charge is 0.441 e. The van der Waals surface area contributed by atoms with Gasteiger partial charge in [-0.1, -0.05) is 0 Å². The molecule has 14 heteroatoms. The van der Waals surface area contributed by atoms with Gasteiger partial charge in [0, 0.05) is 19.4 Å². The molecule has 2 amide bonds. The quantitative estimate of drug-likeness (QED) is 0.214. The number of hydrogen-bond acceptors (Lipinski definition) is 10. The average Bonchev–Trinajstić information content (AvgIpc) is 2.84. The maximum Gasteiger partial charge on any atom is 0.413 e. The van der Waals surface area contributed by atoms with Crippen molar-refractivity contribution in [1.82, 2.24) is 30.3 Å². The van der Waals surface area contributed by atoms with E-state index in [1.54, 1.807) is 6.92 Å². The average molecular weight is 499 g/mol. The molecule has 0 bridgehead atoms. The Bertz CT molecular complexity index is 1280. The Morgan fingerprint density at radius 2 is 1.78 bits per heavy atom. The van der Waals surface area contributed by atoms with Gasteiger partial charge in [0.25, 0.3) is 5.91 Å². The smallest absolute Gasteiger partial charge is 0.413 e. The molecule has 0 fully saturated rings. The van der Waals surface area contributed by atoms with Crippen LogP contribution in [0.4, 0.5) is 19.3 Å². The van der Waals surface area contributed by atoms with Crippen LogP contribution >= 0.6 is 0 Å². The van der Waals surface area contributed by atoms with E-state index in [0.717, 1.165) is 11.1 Å². The summed E-state index contributed by atoms with van der Waals surface area (Å²) in [6, 6.07) is 3.90. The SMILES string of the molecule is Cc1ncc(C(=O)Nc2ccc(/C(N)=C(\NC(=O)O[C@H](C)c3cc(F)cnc3F)N(C)N)nc2)cn1. The molecule has 0 unspecified atom stereocenters. The van der Waals surface area contributed by atoms with Gasteiger partial charge in [-0.3, -0.25) is 20.1 Å². The summed E-state index contributed by atoms with van der Waals surface area (Å²) in [6.45, 7) is 3.04. The highest BCUT2D eigenvalue weighted by Crippen LogP contribution is 2.20. The van der Waals surface area contributed by atoms with Crippen LogP contribution in [-0.4, -0.2) is 44.0 Å². The lowest BCUT2D eigenvalue weighted by Crippen LogP contribution is -2.39. The molecule has 3 aromatic rings. The summed E-state index contributed by atoms with van der Waals surface area (Å²) in [5, 5.41) is 6.02. The van der Waals surface area contributed by atoms with Crippen LogP contribution < -0.4 is 22.2 Å². The molecule has 188 valence electrons. The number of nitrogens with two attached hydrogens (primary N) is 2. The number of carbonyl (C=O) groups excluding carboxylic acids is 2. The summed E-state index contributed by atoms with van der Waals surface area (Å²) in [6.07, 6.45) is 2.65. The molecule has 0 saturated carbocycles. The summed E-state index contributed by atoms with van der Waals surface area (Å²) in [5.74, 6) is 4.05. The van der Waals surface area contributed by atoms with Gasteiger partial charge in [0.1, 0.15) is 23.4 Å². The van der Waals surface area contributed by atoms with Gasteiger partial charge in [0.05, 0.1) is 34.9 Å². The first kappa shape index (κ1) is 25.9. The molecule has 0 saturated heterocycles. The number of ether oxygens (including phenoxy) is 1. The lowest BCUT2D eigenvalue weighted by molar-refractivity contribution is 0.102. The number of aryl methyl sites for hydroxylation is 1. The van der Waals surface area contributed by atoms with Crippen LogP contribution in [0.3, 0.4) is 0 Å². The molecule has 1 atom stereocenters. The van der Waals surface area contributed by atoms with Crippen molar-refractivity contribution in [3.05, 3.63) is 83.2 Å². The number of rotatable bonds is 7. The van der Waals surface area contributed by atoms with Crippen LogP contribution in [-0.2, 0) is 4.74 Å². The highest BCUT2D eigenvalue weighted by atomic mass is 19.1. The number of halogens is 2. The van der Waals surface area contributed by atoms with Crippen LogP contribution in [0.25, 0.3) is 5.70 Å². The van der Waals surface area contributed by atoms with E-state index in [1.165, 1.54) is 44.7 Å². The highest BCUT2D eigenvalue weighted by molar-refractivity contribution is 6.03. The number of aromatic nitrogens is 4. The van der Waals surface area contributed by atoms with Gasteiger partial charge in [-0.05, 0) is 32.0 Å². The van der Waals surface area contributed by atoms with E-state index in [4.69, 9.17) is 16.3 Å². The maximum atomic E-state index is 13.8. The Balaban J connectivity index is 1.71. The molecule has 0 aliphatic carbocycles. The van der Waals surface area contributed by atoms with Crippen LogP contribution in [0.2, 0.25) is 0 Å². The van der Waals surface area contributed by atoms with Gasteiger partial charge >= 0.3 is 6.09 Å². The summed E-state index contributed by atoms with van der Waals surface area (Å²) in [5.41, 5.74) is 6.70. The Morgan fingerprint density at radius 1 is 1.08 bits per heavy atom. The molecule has 3 heterocycles. The van der Waals surface area contributed by atoms with Crippen LogP contribution in [0.5, 0.6) is 0 Å². The second kappa shape index (κ2) is 11.1. The molecular weight excluding hydrogens is 476 g/mol. The van der Waals surface area contributed by atoms with Gasteiger partial charge in [-0.15, -0.1) is 0 Å². The van der Waals surface area contributed by atoms with E-state index >= 15 is 0 Å². The van der Waals surface area contributed by atoms with Gasteiger partial charge < -0.3 is 15.8 Å². The summed E-state index contributed by atoms with van der Waals surface area (Å²) >= 11 is 0. The molecule has 3 aromatic heterocycles. The van der Waals surface area contributed by atoms with Crippen molar-refractivity contribution in [3.8, 4) is 0 Å². The molecule has 12 nitrogen and oxygen atoms in total. The van der Waals surface area contributed by atoms with Gasteiger partial charge in [0.15, 0.2) is 5.82 Å². The van der Waals surface area contributed by atoms with Crippen molar-refractivity contribution in [2.75, 3.05) is 12.4 Å². The molecule has 3 rings (SSSR count). The molecule has 0 aromatic carbocycles. The highest BCUT2D eigenvalue weighted by Gasteiger charge is 2.20. The standard InChI is InChI=1S/C22H23F2N9O3/c1-11(16-6-14(23)9-30-19(16)24)36-22(35)32-20(33(3)26)18(25)17-5-4-15(10-29-17)31-21(34)13-7-27-12(2)28-8-13/h4-11H,25-26H2,1-3H3,(H,31,34)(H,32,35)/b20-18-/t11-/m1/s1. The van der Waals surface area contributed by atoms with Gasteiger partial charge in [-0.2, -0.15) is 4.39 Å². The van der Waals surface area contributed by atoms with Crippen molar-refractivity contribution < 1.29 is 23.1 Å². The molecule has 0 spiro atoms. The number of nitrogens with one attached hydrogen (secondary N) is 2. The third kappa shape index (κ3) is 6.44. The number of anilines is 1. The second-order valence-electron chi connectivity index (χ2n) is 7.48. The zero-order chi connectivity index (χ0) is 26.4. The molecule has 0 aliphatic rings. The van der Waals surface area contributed by atoms with Crippen molar-refractivity contribution in [2.45, 2.75) is 20.0 Å². The molecule has 0 radical (unpaired) electrons. The monoisotopic (exact) mass is 499 g/mol. The number of hydrogen-bond donors (Lipinski definition) is 4. The lowest BCUT2D eigenvalue weighted by Gasteiger charge is -2.21. The fourth-order valence-corrected chi connectivity index (χ4v) is 2.88. The fourth-order valence-electron chi connectivity index (χ4n) is 2.88. The number of carbonyl (C=O) groups is 2. The van der Waals surface area contributed by atoms with Crippen molar-refractivity contribution in [1.29, 1.82) is 0 Å². The van der Waals surface area contributed by atoms with Gasteiger partial charge in [-0.25, -0.2) is 30.0 Å². The van der Waals surface area contributed by atoms with E-state index < -0.39 is 29.9 Å². The minimum absolute atomic E-state index is 0.0342. The third-order valence-electron chi connectivity index (χ3n) is 4.72. The van der Waals surface area contributed by atoms with Gasteiger partial charge in [0.2, 0.25) is 5.95 Å². The fraction of sp³-hybridized carbons (Fsp3) is 0.182. The van der Waals surface area contributed by atoms with E-state index in [1.807, 2.05) is 0 Å². The van der Waals surface area contributed by atoms with Crippen molar-refractivity contribution in [2.24, 2.45) is 11.6 Å². The second-order valence-corrected chi connectivity index (χ2v) is 7.48.